The molecule has 1 atom stereocenters. The monoisotopic (exact) mass is 226 g/mol. The summed E-state index contributed by atoms with van der Waals surface area (Å²) in [5, 5.41) is 0.940. The normalized spacial score (nSPS) is 29.2. The molecule has 1 aliphatic carbocycles. The molecule has 0 spiro atoms. The standard InChI is InChI=1S/C8H13BrF2/c9-5-1-2-7-3-4-8(10,11)6-7/h7H,1-6H2. The van der Waals surface area contributed by atoms with Crippen molar-refractivity contribution in [3.8, 4) is 0 Å². The zero-order valence-corrected chi connectivity index (χ0v) is 8.04. The smallest absolute Gasteiger partial charge is 0.207 e. The van der Waals surface area contributed by atoms with E-state index < -0.39 is 5.92 Å². The van der Waals surface area contributed by atoms with Crippen LogP contribution in [0.15, 0.2) is 0 Å². The van der Waals surface area contributed by atoms with Gasteiger partial charge in [0, 0.05) is 18.2 Å². The maximum atomic E-state index is 12.6. The molecule has 0 aromatic carbocycles. The quantitative estimate of drug-likeness (QED) is 0.646. The van der Waals surface area contributed by atoms with Crippen LogP contribution in [0.3, 0.4) is 0 Å². The SMILES string of the molecule is FC1(F)CCC(CCCBr)C1. The molecule has 0 aromatic rings. The number of alkyl halides is 3. The van der Waals surface area contributed by atoms with Gasteiger partial charge in [-0.1, -0.05) is 15.9 Å². The summed E-state index contributed by atoms with van der Waals surface area (Å²) in [5.41, 5.74) is 0. The van der Waals surface area contributed by atoms with E-state index in [9.17, 15) is 8.78 Å². The Kier molecular flexibility index (Phi) is 3.29. The topological polar surface area (TPSA) is 0 Å². The average Bonchev–Trinajstić information content (AvgIpc) is 2.26. The highest BCUT2D eigenvalue weighted by molar-refractivity contribution is 9.09. The molecule has 1 rings (SSSR count). The molecule has 0 nitrogen and oxygen atoms in total. The molecule has 0 bridgehead atoms. The van der Waals surface area contributed by atoms with Crippen LogP contribution in [0.1, 0.15) is 32.1 Å². The van der Waals surface area contributed by atoms with E-state index in [0.29, 0.717) is 0 Å². The van der Waals surface area contributed by atoms with Crippen LogP contribution in [0, 0.1) is 5.92 Å². The fourth-order valence-corrected chi connectivity index (χ4v) is 1.98. The average molecular weight is 227 g/mol. The minimum Gasteiger partial charge on any atom is -0.207 e. The van der Waals surface area contributed by atoms with Crippen molar-refractivity contribution >= 4 is 15.9 Å². The summed E-state index contributed by atoms with van der Waals surface area (Å²) in [6.45, 7) is 0. The summed E-state index contributed by atoms with van der Waals surface area (Å²) < 4.78 is 25.2. The second-order valence-electron chi connectivity index (χ2n) is 3.30. The third-order valence-electron chi connectivity index (χ3n) is 2.25. The predicted molar refractivity (Wildman–Crippen MR) is 45.3 cm³/mol. The molecule has 11 heavy (non-hydrogen) atoms. The van der Waals surface area contributed by atoms with Crippen molar-refractivity contribution in [1.29, 1.82) is 0 Å². The van der Waals surface area contributed by atoms with Crippen LogP contribution in [-0.2, 0) is 0 Å². The first-order valence-electron chi connectivity index (χ1n) is 4.08. The summed E-state index contributed by atoms with van der Waals surface area (Å²) in [6, 6.07) is 0. The summed E-state index contributed by atoms with van der Waals surface area (Å²) in [4.78, 5) is 0. The first-order valence-corrected chi connectivity index (χ1v) is 5.20. The lowest BCUT2D eigenvalue weighted by molar-refractivity contribution is 0.00471. The van der Waals surface area contributed by atoms with Crippen LogP contribution in [0.2, 0.25) is 0 Å². The Morgan fingerprint density at radius 3 is 2.64 bits per heavy atom. The van der Waals surface area contributed by atoms with Crippen molar-refractivity contribution in [2.24, 2.45) is 5.92 Å². The molecule has 1 saturated carbocycles. The largest absolute Gasteiger partial charge is 0.248 e. The summed E-state index contributed by atoms with van der Waals surface area (Å²) in [6.07, 6.45) is 2.95. The second-order valence-corrected chi connectivity index (χ2v) is 4.09. The van der Waals surface area contributed by atoms with E-state index in [2.05, 4.69) is 15.9 Å². The fourth-order valence-electron chi connectivity index (χ4n) is 1.65. The summed E-state index contributed by atoms with van der Waals surface area (Å²) in [7, 11) is 0. The number of rotatable bonds is 3. The first kappa shape index (κ1) is 9.43. The van der Waals surface area contributed by atoms with Gasteiger partial charge in [-0.3, -0.25) is 0 Å². The third-order valence-corrected chi connectivity index (χ3v) is 2.81. The number of halogens is 3. The van der Waals surface area contributed by atoms with Gasteiger partial charge >= 0.3 is 0 Å². The molecular weight excluding hydrogens is 214 g/mol. The van der Waals surface area contributed by atoms with Crippen LogP contribution in [0.25, 0.3) is 0 Å². The van der Waals surface area contributed by atoms with E-state index in [-0.39, 0.29) is 18.8 Å². The van der Waals surface area contributed by atoms with Gasteiger partial charge in [0.15, 0.2) is 0 Å². The summed E-state index contributed by atoms with van der Waals surface area (Å²) in [5.74, 6) is -2.07. The van der Waals surface area contributed by atoms with E-state index in [4.69, 9.17) is 0 Å². The van der Waals surface area contributed by atoms with Gasteiger partial charge in [0.1, 0.15) is 0 Å². The molecule has 0 amide bonds. The molecule has 0 heterocycles. The maximum absolute atomic E-state index is 12.6. The lowest BCUT2D eigenvalue weighted by Crippen LogP contribution is -2.09. The van der Waals surface area contributed by atoms with E-state index in [0.717, 1.165) is 24.6 Å². The highest BCUT2D eigenvalue weighted by atomic mass is 79.9. The van der Waals surface area contributed by atoms with Crippen molar-refractivity contribution < 1.29 is 8.78 Å². The molecule has 0 aromatic heterocycles. The zero-order valence-electron chi connectivity index (χ0n) is 6.45. The van der Waals surface area contributed by atoms with Crippen LogP contribution in [0.4, 0.5) is 8.78 Å². The van der Waals surface area contributed by atoms with E-state index in [1.165, 1.54) is 0 Å². The van der Waals surface area contributed by atoms with Gasteiger partial charge in [-0.05, 0) is 25.2 Å². The Morgan fingerprint density at radius 1 is 1.45 bits per heavy atom. The fraction of sp³-hybridized carbons (Fsp3) is 1.00. The van der Waals surface area contributed by atoms with Crippen LogP contribution >= 0.6 is 15.9 Å². The van der Waals surface area contributed by atoms with Crippen molar-refractivity contribution in [2.45, 2.75) is 38.0 Å². The van der Waals surface area contributed by atoms with Gasteiger partial charge in [0.05, 0.1) is 0 Å². The predicted octanol–water partition coefficient (Wildman–Crippen LogP) is 3.60. The van der Waals surface area contributed by atoms with E-state index >= 15 is 0 Å². The highest BCUT2D eigenvalue weighted by Crippen LogP contribution is 2.40. The molecular formula is C8H13BrF2. The first-order chi connectivity index (χ1) is 5.14. The Morgan fingerprint density at radius 2 is 2.18 bits per heavy atom. The molecule has 0 N–H and O–H groups in total. The minimum atomic E-state index is -2.35. The van der Waals surface area contributed by atoms with Crippen LogP contribution in [-0.4, -0.2) is 11.3 Å². The van der Waals surface area contributed by atoms with Crippen molar-refractivity contribution in [3.63, 3.8) is 0 Å². The highest BCUT2D eigenvalue weighted by Gasteiger charge is 2.38. The van der Waals surface area contributed by atoms with Gasteiger partial charge in [-0.2, -0.15) is 0 Å². The lowest BCUT2D eigenvalue weighted by Gasteiger charge is -2.08. The molecule has 1 fully saturated rings. The molecule has 0 radical (unpaired) electrons. The van der Waals surface area contributed by atoms with Gasteiger partial charge in [-0.15, -0.1) is 0 Å². The minimum absolute atomic E-state index is 0.111. The molecule has 1 aliphatic rings. The van der Waals surface area contributed by atoms with Gasteiger partial charge in [0.25, 0.3) is 0 Å². The molecule has 1 unspecified atom stereocenters. The van der Waals surface area contributed by atoms with Crippen LogP contribution in [0.5, 0.6) is 0 Å². The molecule has 3 heteroatoms. The Labute approximate surface area is 74.5 Å². The third kappa shape index (κ3) is 3.06. The molecule has 0 aliphatic heterocycles. The summed E-state index contributed by atoms with van der Waals surface area (Å²) >= 11 is 3.30. The Bertz CT molecular complexity index is 125. The lowest BCUT2D eigenvalue weighted by atomic mass is 10.0. The van der Waals surface area contributed by atoms with Gasteiger partial charge in [0.2, 0.25) is 5.92 Å². The van der Waals surface area contributed by atoms with Gasteiger partial charge in [-0.25, -0.2) is 8.78 Å². The number of hydrogen-bond acceptors (Lipinski definition) is 0. The van der Waals surface area contributed by atoms with E-state index in [1.807, 2.05) is 0 Å². The second kappa shape index (κ2) is 3.83. The van der Waals surface area contributed by atoms with Crippen LogP contribution < -0.4 is 0 Å². The Hall–Kier alpha value is 0.340. The molecule has 0 saturated heterocycles. The number of hydrogen-bond donors (Lipinski definition) is 0. The molecule has 66 valence electrons. The Balaban J connectivity index is 2.20. The van der Waals surface area contributed by atoms with Crippen molar-refractivity contribution in [1.82, 2.24) is 0 Å². The van der Waals surface area contributed by atoms with E-state index in [1.54, 1.807) is 0 Å². The van der Waals surface area contributed by atoms with Gasteiger partial charge < -0.3 is 0 Å². The van der Waals surface area contributed by atoms with Crippen molar-refractivity contribution in [3.05, 3.63) is 0 Å². The zero-order chi connectivity index (χ0) is 8.32. The maximum Gasteiger partial charge on any atom is 0.248 e. The van der Waals surface area contributed by atoms with Crippen molar-refractivity contribution in [2.75, 3.05) is 5.33 Å².